The molecule has 1 heterocycles. The number of halogens is 1. The van der Waals surface area contributed by atoms with Crippen molar-refractivity contribution in [3.8, 4) is 17.5 Å². The molecule has 0 atom stereocenters. The van der Waals surface area contributed by atoms with Crippen LogP contribution in [0.4, 0.5) is 0 Å². The van der Waals surface area contributed by atoms with Gasteiger partial charge < -0.3 is 5.73 Å². The Morgan fingerprint density at radius 1 is 1.17 bits per heavy atom. The predicted octanol–water partition coefficient (Wildman–Crippen LogP) is 3.56. The van der Waals surface area contributed by atoms with E-state index in [1.165, 1.54) is 0 Å². The van der Waals surface area contributed by atoms with E-state index in [1.807, 2.05) is 42.6 Å². The summed E-state index contributed by atoms with van der Waals surface area (Å²) in [4.78, 5) is 20.5. The summed E-state index contributed by atoms with van der Waals surface area (Å²) < 4.78 is 0. The minimum absolute atomic E-state index is 0.379. The number of carbonyl (C=O) groups excluding carboxylic acids is 1. The Bertz CT molecular complexity index is 1100. The fraction of sp³-hybridized carbons (Fsp3) is 0.0909. The summed E-state index contributed by atoms with van der Waals surface area (Å²) in [6.07, 6.45) is 4.20. The van der Waals surface area contributed by atoms with E-state index < -0.39 is 5.91 Å². The van der Waals surface area contributed by atoms with Crippen molar-refractivity contribution in [3.63, 3.8) is 0 Å². The first-order valence-electron chi connectivity index (χ1n) is 8.88. The second kappa shape index (κ2) is 9.49. The highest BCUT2D eigenvalue weighted by molar-refractivity contribution is 6.31. The van der Waals surface area contributed by atoms with Crippen molar-refractivity contribution in [1.29, 1.82) is 5.26 Å². The molecule has 0 fully saturated rings. The summed E-state index contributed by atoms with van der Waals surface area (Å²) in [5, 5.41) is 12.5. The van der Waals surface area contributed by atoms with Crippen LogP contribution in [-0.4, -0.2) is 23.3 Å². The largest absolute Gasteiger partial charge is 0.366 e. The highest BCUT2D eigenvalue weighted by atomic mass is 35.5. The van der Waals surface area contributed by atoms with Gasteiger partial charge >= 0.3 is 0 Å². The smallest absolute Gasteiger partial charge is 0.248 e. The van der Waals surface area contributed by atoms with Gasteiger partial charge in [0.05, 0.1) is 5.69 Å². The van der Waals surface area contributed by atoms with E-state index in [4.69, 9.17) is 17.3 Å². The average molecular weight is 404 g/mol. The number of primary amides is 1. The number of benzene rings is 2. The molecule has 1 amide bonds. The van der Waals surface area contributed by atoms with Crippen LogP contribution in [0, 0.1) is 11.5 Å². The Morgan fingerprint density at radius 3 is 2.76 bits per heavy atom. The number of amidine groups is 1. The molecular formula is C22H18ClN5O. The van der Waals surface area contributed by atoms with Crippen molar-refractivity contribution in [1.82, 2.24) is 10.3 Å². The monoisotopic (exact) mass is 403 g/mol. The van der Waals surface area contributed by atoms with Crippen molar-refractivity contribution >= 4 is 23.3 Å². The molecule has 0 saturated carbocycles. The zero-order chi connectivity index (χ0) is 20.6. The highest BCUT2D eigenvalue weighted by Gasteiger charge is 2.13. The van der Waals surface area contributed by atoms with Crippen molar-refractivity contribution in [3.05, 3.63) is 88.6 Å². The summed E-state index contributed by atoms with van der Waals surface area (Å²) in [6, 6.07) is 18.0. The maximum Gasteiger partial charge on any atom is 0.248 e. The van der Waals surface area contributed by atoms with Gasteiger partial charge in [-0.25, -0.2) is 0 Å². The normalized spacial score (nSPS) is 11.0. The summed E-state index contributed by atoms with van der Waals surface area (Å²) in [5.41, 5.74) is 8.70. The first kappa shape index (κ1) is 20.1. The molecule has 144 valence electrons. The molecule has 29 heavy (non-hydrogen) atoms. The molecule has 3 N–H and O–H groups in total. The van der Waals surface area contributed by atoms with E-state index in [0.29, 0.717) is 46.2 Å². The second-order valence-corrected chi connectivity index (χ2v) is 6.56. The second-order valence-electron chi connectivity index (χ2n) is 6.15. The molecule has 1 aromatic heterocycles. The standard InChI is InChI=1S/C22H18ClN5O/c23-19-9-2-1-5-15(19)10-12-27-22(28-14-24)18-8-4-11-26-20(18)16-6-3-7-17(13-16)21(25)29/h1-9,11,13H,10,12H2,(H2,25,29)(H,27,28). The van der Waals surface area contributed by atoms with Gasteiger partial charge in [0.25, 0.3) is 0 Å². The van der Waals surface area contributed by atoms with Gasteiger partial charge in [0.15, 0.2) is 6.19 Å². The van der Waals surface area contributed by atoms with Crippen LogP contribution in [0.25, 0.3) is 11.3 Å². The number of nitrogens with zero attached hydrogens (tertiary/aromatic N) is 3. The van der Waals surface area contributed by atoms with Crippen molar-refractivity contribution in [2.75, 3.05) is 6.54 Å². The number of rotatable bonds is 6. The molecule has 0 saturated heterocycles. The summed E-state index contributed by atoms with van der Waals surface area (Å²) in [5.74, 6) is -0.125. The number of aromatic nitrogens is 1. The third kappa shape index (κ3) is 4.98. The van der Waals surface area contributed by atoms with Gasteiger partial charge in [-0.2, -0.15) is 5.26 Å². The van der Waals surface area contributed by atoms with Crippen molar-refractivity contribution in [2.45, 2.75) is 6.42 Å². The highest BCUT2D eigenvalue weighted by Crippen LogP contribution is 2.23. The molecule has 7 heteroatoms. The zero-order valence-electron chi connectivity index (χ0n) is 15.5. The number of nitriles is 1. The van der Waals surface area contributed by atoms with Crippen LogP contribution in [-0.2, 0) is 6.42 Å². The van der Waals surface area contributed by atoms with Crippen LogP contribution in [0.2, 0.25) is 5.02 Å². The lowest BCUT2D eigenvalue weighted by Gasteiger charge is -2.11. The Hall–Kier alpha value is -3.69. The maximum atomic E-state index is 11.5. The van der Waals surface area contributed by atoms with E-state index in [2.05, 4.69) is 15.3 Å². The fourth-order valence-corrected chi connectivity index (χ4v) is 3.11. The fourth-order valence-electron chi connectivity index (χ4n) is 2.88. The minimum Gasteiger partial charge on any atom is -0.366 e. The number of nitrogens with one attached hydrogen (secondary N) is 1. The Labute approximate surface area is 173 Å². The number of carbonyl (C=O) groups is 1. The lowest BCUT2D eigenvalue weighted by Crippen LogP contribution is -2.21. The first-order chi connectivity index (χ1) is 14.1. The molecular weight excluding hydrogens is 386 g/mol. The topological polar surface area (TPSA) is 104 Å². The lowest BCUT2D eigenvalue weighted by molar-refractivity contribution is 0.100. The van der Waals surface area contributed by atoms with E-state index in [-0.39, 0.29) is 0 Å². The summed E-state index contributed by atoms with van der Waals surface area (Å²) in [7, 11) is 0. The molecule has 3 aromatic rings. The van der Waals surface area contributed by atoms with Gasteiger partial charge in [-0.3, -0.25) is 20.1 Å². The number of amides is 1. The van der Waals surface area contributed by atoms with Gasteiger partial charge in [-0.05, 0) is 42.3 Å². The van der Waals surface area contributed by atoms with Crippen LogP contribution in [0.5, 0.6) is 0 Å². The molecule has 0 aliphatic rings. The van der Waals surface area contributed by atoms with Crippen LogP contribution < -0.4 is 11.1 Å². The van der Waals surface area contributed by atoms with Crippen molar-refractivity contribution in [2.24, 2.45) is 10.7 Å². The Morgan fingerprint density at radius 2 is 2.00 bits per heavy atom. The Kier molecular flexibility index (Phi) is 6.56. The van der Waals surface area contributed by atoms with Gasteiger partial charge in [-0.1, -0.05) is 41.9 Å². The molecule has 2 aromatic carbocycles. The van der Waals surface area contributed by atoms with E-state index in [0.717, 1.165) is 5.56 Å². The van der Waals surface area contributed by atoms with E-state index in [1.54, 1.807) is 30.5 Å². The van der Waals surface area contributed by atoms with Gasteiger partial charge in [0.2, 0.25) is 5.91 Å². The molecule has 0 aliphatic heterocycles. The number of hydrogen-bond acceptors (Lipinski definition) is 4. The molecule has 3 rings (SSSR count). The number of aliphatic imine (C=N–C) groups is 1. The van der Waals surface area contributed by atoms with Crippen LogP contribution in [0.15, 0.2) is 71.9 Å². The molecule has 6 nitrogen and oxygen atoms in total. The molecule has 0 spiro atoms. The quantitative estimate of drug-likeness (QED) is 0.284. The molecule has 0 bridgehead atoms. The lowest BCUT2D eigenvalue weighted by atomic mass is 10.0. The van der Waals surface area contributed by atoms with E-state index >= 15 is 0 Å². The van der Waals surface area contributed by atoms with E-state index in [9.17, 15) is 10.1 Å². The number of nitrogens with two attached hydrogens (primary N) is 1. The van der Waals surface area contributed by atoms with Crippen LogP contribution in [0.1, 0.15) is 21.5 Å². The summed E-state index contributed by atoms with van der Waals surface area (Å²) >= 11 is 6.20. The average Bonchev–Trinajstić information content (AvgIpc) is 2.74. The first-order valence-corrected chi connectivity index (χ1v) is 9.26. The minimum atomic E-state index is -0.520. The van der Waals surface area contributed by atoms with Crippen LogP contribution in [0.3, 0.4) is 0 Å². The molecule has 0 unspecified atom stereocenters. The SMILES string of the molecule is N#CNC(=NCCc1ccccc1Cl)c1cccnc1-c1cccc(C(N)=O)c1. The van der Waals surface area contributed by atoms with Crippen LogP contribution >= 0.6 is 11.6 Å². The van der Waals surface area contributed by atoms with Gasteiger partial charge in [0, 0.05) is 34.5 Å². The predicted molar refractivity (Wildman–Crippen MR) is 113 cm³/mol. The van der Waals surface area contributed by atoms with Crippen molar-refractivity contribution < 1.29 is 4.79 Å². The molecule has 0 radical (unpaired) electrons. The third-order valence-electron chi connectivity index (χ3n) is 4.27. The molecule has 0 aliphatic carbocycles. The van der Waals surface area contributed by atoms with Gasteiger partial charge in [0.1, 0.15) is 5.84 Å². The van der Waals surface area contributed by atoms with Gasteiger partial charge in [-0.15, -0.1) is 0 Å². The number of hydrogen-bond donors (Lipinski definition) is 2. The maximum absolute atomic E-state index is 11.5. The summed E-state index contributed by atoms with van der Waals surface area (Å²) in [6.45, 7) is 0.434. The Balaban J connectivity index is 1.94. The number of pyridine rings is 1. The zero-order valence-corrected chi connectivity index (χ0v) is 16.2. The third-order valence-corrected chi connectivity index (χ3v) is 4.64.